The molecule has 0 aromatic carbocycles. The summed E-state index contributed by atoms with van der Waals surface area (Å²) < 4.78 is 14.2. The normalized spacial score (nSPS) is 10.5. The summed E-state index contributed by atoms with van der Waals surface area (Å²) in [7, 11) is 0. The lowest BCUT2D eigenvalue weighted by Crippen LogP contribution is -1.94. The molecule has 6 nitrogen and oxygen atoms in total. The van der Waals surface area contributed by atoms with Crippen LogP contribution in [0.15, 0.2) is 18.6 Å². The molecule has 0 unspecified atom stereocenters. The maximum atomic E-state index is 13.0. The van der Waals surface area contributed by atoms with Crippen LogP contribution in [0.5, 0.6) is 0 Å². The molecular weight excluding hydrogens is 179 g/mol. The Kier molecular flexibility index (Phi) is 1.44. The van der Waals surface area contributed by atoms with E-state index in [1.807, 2.05) is 0 Å². The zero-order valence-electron chi connectivity index (χ0n) is 6.22. The molecule has 0 saturated carbocycles. The van der Waals surface area contributed by atoms with Gasteiger partial charge in [-0.15, -0.1) is 10.2 Å². The number of aromatic nitrogens is 3. The fourth-order valence-corrected chi connectivity index (χ4v) is 0.982. The van der Waals surface area contributed by atoms with E-state index in [-0.39, 0.29) is 11.3 Å². The summed E-state index contributed by atoms with van der Waals surface area (Å²) in [5, 5.41) is 17.2. The summed E-state index contributed by atoms with van der Waals surface area (Å²) in [5.41, 5.74) is -0.351. The van der Waals surface area contributed by atoms with Gasteiger partial charge >= 0.3 is 0 Å². The standard InChI is InChI=1S/C6H3FN4O2/c7-5-1-4(11(12)13)2-10-3-8-9-6(5)10/h1-3H. The molecule has 0 atom stereocenters. The van der Waals surface area contributed by atoms with Gasteiger partial charge in [-0.3, -0.25) is 14.5 Å². The third kappa shape index (κ3) is 1.10. The molecule has 0 N–H and O–H groups in total. The van der Waals surface area contributed by atoms with Crippen LogP contribution in [0.1, 0.15) is 0 Å². The minimum absolute atomic E-state index is 0.0226. The molecule has 66 valence electrons. The van der Waals surface area contributed by atoms with Crippen molar-refractivity contribution in [3.05, 3.63) is 34.5 Å². The number of nitro groups is 1. The van der Waals surface area contributed by atoms with E-state index in [0.717, 1.165) is 16.7 Å². The molecule has 0 aliphatic heterocycles. The lowest BCUT2D eigenvalue weighted by Gasteiger charge is -1.93. The van der Waals surface area contributed by atoms with Gasteiger partial charge in [0.15, 0.2) is 11.5 Å². The summed E-state index contributed by atoms with van der Waals surface area (Å²) in [5.74, 6) is -0.758. The monoisotopic (exact) mass is 182 g/mol. The highest BCUT2D eigenvalue weighted by atomic mass is 19.1. The molecule has 0 radical (unpaired) electrons. The van der Waals surface area contributed by atoms with Crippen LogP contribution < -0.4 is 0 Å². The number of rotatable bonds is 1. The third-order valence-corrected chi connectivity index (χ3v) is 1.54. The molecule has 2 aromatic rings. The van der Waals surface area contributed by atoms with Crippen molar-refractivity contribution < 1.29 is 9.31 Å². The van der Waals surface area contributed by atoms with E-state index in [9.17, 15) is 14.5 Å². The maximum Gasteiger partial charge on any atom is 0.288 e. The van der Waals surface area contributed by atoms with E-state index in [1.165, 1.54) is 6.33 Å². The molecule has 2 aromatic heterocycles. The number of fused-ring (bicyclic) bond motifs is 1. The molecule has 0 aliphatic carbocycles. The van der Waals surface area contributed by atoms with E-state index in [4.69, 9.17) is 0 Å². The van der Waals surface area contributed by atoms with Gasteiger partial charge in [0, 0.05) is 0 Å². The molecule has 0 amide bonds. The molecule has 2 heterocycles. The SMILES string of the molecule is O=[N+]([O-])c1cc(F)c2nncn2c1. The second-order valence-corrected chi connectivity index (χ2v) is 2.37. The molecular formula is C6H3FN4O2. The maximum absolute atomic E-state index is 13.0. The first-order valence-corrected chi connectivity index (χ1v) is 3.32. The van der Waals surface area contributed by atoms with Gasteiger partial charge in [0.1, 0.15) is 6.33 Å². The Labute approximate surface area is 70.8 Å². The smallest absolute Gasteiger partial charge is 0.280 e. The van der Waals surface area contributed by atoms with Crippen molar-refractivity contribution in [1.29, 1.82) is 0 Å². The van der Waals surface area contributed by atoms with Crippen LogP contribution in [0.2, 0.25) is 0 Å². The molecule has 0 bridgehead atoms. The predicted molar refractivity (Wildman–Crippen MR) is 39.6 cm³/mol. The lowest BCUT2D eigenvalue weighted by atomic mass is 10.4. The first-order chi connectivity index (χ1) is 6.18. The Morgan fingerprint density at radius 1 is 1.62 bits per heavy atom. The summed E-state index contributed by atoms with van der Waals surface area (Å²) in [6, 6.07) is 0.810. The van der Waals surface area contributed by atoms with Crippen molar-refractivity contribution in [2.75, 3.05) is 0 Å². The number of pyridine rings is 1. The van der Waals surface area contributed by atoms with E-state index >= 15 is 0 Å². The molecule has 13 heavy (non-hydrogen) atoms. The number of halogens is 1. The van der Waals surface area contributed by atoms with Gasteiger partial charge in [-0.1, -0.05) is 0 Å². The Morgan fingerprint density at radius 2 is 2.38 bits per heavy atom. The zero-order chi connectivity index (χ0) is 9.42. The molecule has 7 heteroatoms. The molecule has 0 spiro atoms. The Balaban J connectivity index is 2.77. The summed E-state index contributed by atoms with van der Waals surface area (Å²) in [4.78, 5) is 9.63. The van der Waals surface area contributed by atoms with E-state index in [2.05, 4.69) is 10.2 Å². The second kappa shape index (κ2) is 2.47. The topological polar surface area (TPSA) is 73.3 Å². The van der Waals surface area contributed by atoms with E-state index in [0.29, 0.717) is 0 Å². The van der Waals surface area contributed by atoms with Gasteiger partial charge in [0.2, 0.25) is 0 Å². The number of hydrogen-bond acceptors (Lipinski definition) is 4. The highest BCUT2D eigenvalue weighted by molar-refractivity contribution is 5.44. The highest BCUT2D eigenvalue weighted by Gasteiger charge is 2.12. The molecule has 0 saturated heterocycles. The van der Waals surface area contributed by atoms with Gasteiger partial charge in [0.25, 0.3) is 5.69 Å². The summed E-state index contributed by atoms with van der Waals surface area (Å²) in [6.07, 6.45) is 2.35. The summed E-state index contributed by atoms with van der Waals surface area (Å²) in [6.45, 7) is 0. The van der Waals surface area contributed by atoms with Gasteiger partial charge in [-0.2, -0.15) is 0 Å². The van der Waals surface area contributed by atoms with Gasteiger partial charge in [-0.25, -0.2) is 4.39 Å². The Morgan fingerprint density at radius 3 is 3.08 bits per heavy atom. The van der Waals surface area contributed by atoms with Crippen LogP contribution in [0.4, 0.5) is 10.1 Å². The fraction of sp³-hybridized carbons (Fsp3) is 0. The van der Waals surface area contributed by atoms with Crippen LogP contribution in [-0.2, 0) is 0 Å². The second-order valence-electron chi connectivity index (χ2n) is 2.37. The first-order valence-electron chi connectivity index (χ1n) is 3.32. The predicted octanol–water partition coefficient (Wildman–Crippen LogP) is 0.777. The molecule has 0 fully saturated rings. The van der Waals surface area contributed by atoms with E-state index < -0.39 is 10.7 Å². The van der Waals surface area contributed by atoms with Crippen molar-refractivity contribution in [2.24, 2.45) is 0 Å². The van der Waals surface area contributed by atoms with Crippen molar-refractivity contribution in [2.45, 2.75) is 0 Å². The van der Waals surface area contributed by atoms with Crippen LogP contribution >= 0.6 is 0 Å². The van der Waals surface area contributed by atoms with Gasteiger partial charge in [0.05, 0.1) is 17.2 Å². The minimum Gasteiger partial charge on any atom is -0.280 e. The summed E-state index contributed by atoms with van der Waals surface area (Å²) >= 11 is 0. The van der Waals surface area contributed by atoms with Crippen LogP contribution in [0.25, 0.3) is 5.65 Å². The molecule has 0 aliphatic rings. The number of hydrogen-bond donors (Lipinski definition) is 0. The highest BCUT2D eigenvalue weighted by Crippen LogP contribution is 2.15. The first kappa shape index (κ1) is 7.59. The Bertz CT molecular complexity index is 480. The van der Waals surface area contributed by atoms with Gasteiger partial charge in [-0.05, 0) is 0 Å². The van der Waals surface area contributed by atoms with Crippen LogP contribution in [0.3, 0.4) is 0 Å². The molecule has 2 rings (SSSR count). The largest absolute Gasteiger partial charge is 0.288 e. The van der Waals surface area contributed by atoms with E-state index in [1.54, 1.807) is 0 Å². The van der Waals surface area contributed by atoms with Crippen LogP contribution in [0, 0.1) is 15.9 Å². The van der Waals surface area contributed by atoms with Crippen LogP contribution in [-0.4, -0.2) is 19.5 Å². The third-order valence-electron chi connectivity index (χ3n) is 1.54. The van der Waals surface area contributed by atoms with Crippen molar-refractivity contribution in [1.82, 2.24) is 14.6 Å². The van der Waals surface area contributed by atoms with Crippen molar-refractivity contribution in [3.63, 3.8) is 0 Å². The lowest BCUT2D eigenvalue weighted by molar-refractivity contribution is -0.385. The number of nitrogens with zero attached hydrogens (tertiary/aromatic N) is 4. The Hall–Kier alpha value is -2.05. The average molecular weight is 182 g/mol. The van der Waals surface area contributed by atoms with Gasteiger partial charge < -0.3 is 0 Å². The zero-order valence-corrected chi connectivity index (χ0v) is 6.22. The quantitative estimate of drug-likeness (QED) is 0.482. The fourth-order valence-electron chi connectivity index (χ4n) is 0.982. The van der Waals surface area contributed by atoms with Crippen molar-refractivity contribution in [3.8, 4) is 0 Å². The van der Waals surface area contributed by atoms with Crippen molar-refractivity contribution >= 4 is 11.3 Å². The minimum atomic E-state index is -0.758. The average Bonchev–Trinajstić information content (AvgIpc) is 2.51.